The van der Waals surface area contributed by atoms with Crippen LogP contribution in [0.5, 0.6) is 5.75 Å². The first-order valence-electron chi connectivity index (χ1n) is 9.84. The van der Waals surface area contributed by atoms with Crippen LogP contribution in [0.1, 0.15) is 18.5 Å². The molecule has 0 radical (unpaired) electrons. The van der Waals surface area contributed by atoms with Gasteiger partial charge in [-0.05, 0) is 48.9 Å². The van der Waals surface area contributed by atoms with Gasteiger partial charge in [-0.15, -0.1) is 5.10 Å². The fraction of sp³-hybridized carbons (Fsp3) is 0.125. The molecule has 148 valence electrons. The van der Waals surface area contributed by atoms with Gasteiger partial charge in [-0.2, -0.15) is 4.52 Å². The van der Waals surface area contributed by atoms with Gasteiger partial charge in [0.15, 0.2) is 5.65 Å². The Morgan fingerprint density at radius 2 is 1.63 bits per heavy atom. The highest BCUT2D eigenvalue weighted by Gasteiger charge is 2.17. The van der Waals surface area contributed by atoms with Crippen molar-refractivity contribution in [3.05, 3.63) is 84.4 Å². The molecule has 2 heterocycles. The van der Waals surface area contributed by atoms with Crippen LogP contribution in [0.25, 0.3) is 27.8 Å². The molecule has 0 amide bonds. The van der Waals surface area contributed by atoms with Crippen LogP contribution in [0.15, 0.2) is 78.9 Å². The minimum absolute atomic E-state index is 0.102. The lowest BCUT2D eigenvalue weighted by atomic mass is 10.1. The van der Waals surface area contributed by atoms with Gasteiger partial charge in [0, 0.05) is 17.0 Å². The van der Waals surface area contributed by atoms with Crippen LogP contribution in [-0.4, -0.2) is 26.9 Å². The van der Waals surface area contributed by atoms with Crippen molar-refractivity contribution in [2.75, 3.05) is 12.4 Å². The SMILES string of the molecule is COc1ccc(-c2nnn3c2nc(N[C@H](C)c2ccccc2)c2ccccc23)cc1. The fourth-order valence-electron chi connectivity index (χ4n) is 3.64. The second-order valence-electron chi connectivity index (χ2n) is 7.16. The van der Waals surface area contributed by atoms with Crippen molar-refractivity contribution in [2.45, 2.75) is 13.0 Å². The van der Waals surface area contributed by atoms with E-state index in [-0.39, 0.29) is 6.04 Å². The first-order chi connectivity index (χ1) is 14.7. The normalized spacial score (nSPS) is 12.2. The first kappa shape index (κ1) is 18.1. The standard InChI is InChI=1S/C24H21N5O/c1-16(17-8-4-3-5-9-17)25-23-20-10-6-7-11-21(20)29-24(26-23)22(27-28-29)18-12-14-19(30-2)15-13-18/h3-16H,1-2H3,(H,25,26)/t16-/m1/s1. The number of hydrogen-bond acceptors (Lipinski definition) is 5. The second-order valence-corrected chi connectivity index (χ2v) is 7.16. The molecule has 0 fully saturated rings. The van der Waals surface area contributed by atoms with Crippen LogP contribution in [0.3, 0.4) is 0 Å². The van der Waals surface area contributed by atoms with Gasteiger partial charge in [0.1, 0.15) is 17.3 Å². The average molecular weight is 395 g/mol. The van der Waals surface area contributed by atoms with E-state index < -0.39 is 0 Å². The quantitative estimate of drug-likeness (QED) is 0.447. The van der Waals surface area contributed by atoms with Gasteiger partial charge in [-0.1, -0.05) is 47.7 Å². The highest BCUT2D eigenvalue weighted by atomic mass is 16.5. The Morgan fingerprint density at radius 1 is 0.900 bits per heavy atom. The molecule has 0 aliphatic heterocycles. The van der Waals surface area contributed by atoms with Crippen molar-refractivity contribution >= 4 is 22.4 Å². The summed E-state index contributed by atoms with van der Waals surface area (Å²) in [4.78, 5) is 4.94. The van der Waals surface area contributed by atoms with Crippen molar-refractivity contribution in [3.63, 3.8) is 0 Å². The molecule has 6 nitrogen and oxygen atoms in total. The number of benzene rings is 3. The predicted octanol–water partition coefficient (Wildman–Crippen LogP) is 5.13. The zero-order valence-corrected chi connectivity index (χ0v) is 16.8. The summed E-state index contributed by atoms with van der Waals surface area (Å²) in [5.41, 5.74) is 4.54. The van der Waals surface area contributed by atoms with Gasteiger partial charge in [0.25, 0.3) is 0 Å². The monoisotopic (exact) mass is 395 g/mol. The third kappa shape index (κ3) is 3.12. The molecule has 1 atom stereocenters. The third-order valence-corrected chi connectivity index (χ3v) is 5.27. The van der Waals surface area contributed by atoms with Gasteiger partial charge in [-0.3, -0.25) is 0 Å². The van der Waals surface area contributed by atoms with Gasteiger partial charge in [0.2, 0.25) is 0 Å². The Morgan fingerprint density at radius 3 is 2.40 bits per heavy atom. The second kappa shape index (κ2) is 7.48. The van der Waals surface area contributed by atoms with Crippen molar-refractivity contribution < 1.29 is 4.74 Å². The number of para-hydroxylation sites is 1. The Kier molecular flexibility index (Phi) is 4.52. The number of anilines is 1. The highest BCUT2D eigenvalue weighted by molar-refractivity contribution is 5.93. The molecular weight excluding hydrogens is 374 g/mol. The van der Waals surface area contributed by atoms with Crippen molar-refractivity contribution in [3.8, 4) is 17.0 Å². The Labute approximate surface area is 174 Å². The van der Waals surface area contributed by atoms with E-state index in [4.69, 9.17) is 9.72 Å². The highest BCUT2D eigenvalue weighted by Crippen LogP contribution is 2.30. The number of nitrogens with one attached hydrogen (secondary N) is 1. The molecule has 6 heteroatoms. The van der Waals surface area contributed by atoms with E-state index in [0.717, 1.165) is 33.7 Å². The molecule has 30 heavy (non-hydrogen) atoms. The van der Waals surface area contributed by atoms with E-state index >= 15 is 0 Å². The fourth-order valence-corrected chi connectivity index (χ4v) is 3.64. The number of methoxy groups -OCH3 is 1. The predicted molar refractivity (Wildman–Crippen MR) is 119 cm³/mol. The zero-order valence-electron chi connectivity index (χ0n) is 16.8. The summed E-state index contributed by atoms with van der Waals surface area (Å²) in [5, 5.41) is 13.4. The number of nitrogens with zero attached hydrogens (tertiary/aromatic N) is 4. The molecule has 0 saturated carbocycles. The molecule has 0 aliphatic carbocycles. The van der Waals surface area contributed by atoms with Crippen LogP contribution < -0.4 is 10.1 Å². The average Bonchev–Trinajstić information content (AvgIpc) is 3.24. The topological polar surface area (TPSA) is 64.3 Å². The lowest BCUT2D eigenvalue weighted by Crippen LogP contribution is -2.09. The van der Waals surface area contributed by atoms with Crippen molar-refractivity contribution in [1.82, 2.24) is 19.8 Å². The Hall–Kier alpha value is -3.93. The van der Waals surface area contributed by atoms with E-state index in [2.05, 4.69) is 40.8 Å². The molecule has 1 N–H and O–H groups in total. The first-order valence-corrected chi connectivity index (χ1v) is 9.84. The minimum atomic E-state index is 0.102. The molecule has 2 aromatic heterocycles. The lowest BCUT2D eigenvalue weighted by molar-refractivity contribution is 0.415. The summed E-state index contributed by atoms with van der Waals surface area (Å²) in [7, 11) is 1.65. The van der Waals surface area contributed by atoms with Crippen LogP contribution in [0, 0.1) is 0 Å². The summed E-state index contributed by atoms with van der Waals surface area (Å²) in [6.07, 6.45) is 0. The molecule has 0 saturated heterocycles. The number of fused-ring (bicyclic) bond motifs is 3. The summed E-state index contributed by atoms with van der Waals surface area (Å²) >= 11 is 0. The maximum Gasteiger partial charge on any atom is 0.186 e. The number of rotatable bonds is 5. The molecule has 3 aromatic carbocycles. The van der Waals surface area contributed by atoms with Crippen LogP contribution in [0.2, 0.25) is 0 Å². The van der Waals surface area contributed by atoms with Gasteiger partial charge in [0.05, 0.1) is 12.6 Å². The van der Waals surface area contributed by atoms with Crippen molar-refractivity contribution in [1.29, 1.82) is 0 Å². The van der Waals surface area contributed by atoms with E-state index in [1.165, 1.54) is 5.56 Å². The van der Waals surface area contributed by atoms with E-state index in [1.54, 1.807) is 11.6 Å². The van der Waals surface area contributed by atoms with Crippen LogP contribution in [0.4, 0.5) is 5.82 Å². The molecular formula is C24H21N5O. The smallest absolute Gasteiger partial charge is 0.186 e. The third-order valence-electron chi connectivity index (χ3n) is 5.27. The Balaban J connectivity index is 1.65. The maximum atomic E-state index is 5.27. The van der Waals surface area contributed by atoms with Crippen LogP contribution in [-0.2, 0) is 0 Å². The molecule has 5 rings (SSSR count). The summed E-state index contributed by atoms with van der Waals surface area (Å²) < 4.78 is 7.07. The van der Waals surface area contributed by atoms with E-state index in [1.807, 2.05) is 60.7 Å². The Bertz CT molecular complexity index is 1310. The molecule has 0 bridgehead atoms. The van der Waals surface area contributed by atoms with Gasteiger partial charge < -0.3 is 10.1 Å². The van der Waals surface area contributed by atoms with Gasteiger partial charge >= 0.3 is 0 Å². The van der Waals surface area contributed by atoms with Gasteiger partial charge in [-0.25, -0.2) is 4.98 Å². The minimum Gasteiger partial charge on any atom is -0.497 e. The zero-order chi connectivity index (χ0) is 20.5. The maximum absolute atomic E-state index is 5.27. The molecule has 5 aromatic rings. The number of ether oxygens (including phenoxy) is 1. The largest absolute Gasteiger partial charge is 0.497 e. The summed E-state index contributed by atoms with van der Waals surface area (Å²) in [5.74, 6) is 1.61. The van der Waals surface area contributed by atoms with Crippen molar-refractivity contribution in [2.24, 2.45) is 0 Å². The van der Waals surface area contributed by atoms with E-state index in [9.17, 15) is 0 Å². The molecule has 0 unspecified atom stereocenters. The lowest BCUT2D eigenvalue weighted by Gasteiger charge is -2.17. The number of aromatic nitrogens is 4. The summed E-state index contributed by atoms with van der Waals surface area (Å²) in [6, 6.07) is 26.3. The van der Waals surface area contributed by atoms with E-state index in [0.29, 0.717) is 5.65 Å². The number of hydrogen-bond donors (Lipinski definition) is 1. The van der Waals surface area contributed by atoms with Crippen LogP contribution >= 0.6 is 0 Å². The summed E-state index contributed by atoms with van der Waals surface area (Å²) in [6.45, 7) is 2.13. The molecule has 0 aliphatic rings. The molecule has 0 spiro atoms.